The van der Waals surface area contributed by atoms with Crippen LogP contribution < -0.4 is 5.48 Å². The van der Waals surface area contributed by atoms with Crippen LogP contribution in [0, 0.1) is 6.92 Å². The molecule has 24 heavy (non-hydrogen) atoms. The van der Waals surface area contributed by atoms with Crippen LogP contribution in [0.3, 0.4) is 0 Å². The van der Waals surface area contributed by atoms with Gasteiger partial charge < -0.3 is 0 Å². The molecule has 0 fully saturated rings. The number of halogens is 1. The molecule has 1 aliphatic rings. The third kappa shape index (κ3) is 3.62. The number of hydrogen-bond acceptors (Lipinski definition) is 5. The van der Waals surface area contributed by atoms with Crippen LogP contribution in [0.15, 0.2) is 58.3 Å². The summed E-state index contributed by atoms with van der Waals surface area (Å²) in [5.74, 6) is 0. The molecule has 4 nitrogen and oxygen atoms in total. The molecular formula is C17H16ClNO3S2. The predicted octanol–water partition coefficient (Wildman–Crippen LogP) is 4.39. The van der Waals surface area contributed by atoms with Crippen molar-refractivity contribution in [2.45, 2.75) is 28.9 Å². The molecule has 0 saturated heterocycles. The number of hydrogen-bond donors (Lipinski definition) is 1. The van der Waals surface area contributed by atoms with E-state index in [1.807, 2.05) is 25.1 Å². The average molecular weight is 382 g/mol. The molecule has 1 heterocycles. The Morgan fingerprint density at radius 2 is 1.96 bits per heavy atom. The van der Waals surface area contributed by atoms with Crippen LogP contribution in [-0.2, 0) is 14.4 Å². The van der Waals surface area contributed by atoms with Crippen molar-refractivity contribution < 1.29 is 12.7 Å². The molecule has 0 aliphatic carbocycles. The van der Waals surface area contributed by atoms with Crippen LogP contribution in [0.1, 0.15) is 18.1 Å². The lowest BCUT2D eigenvalue weighted by atomic mass is 10.1. The number of thioether (sulfide) groups is 1. The van der Waals surface area contributed by atoms with Crippen LogP contribution in [0.25, 0.3) is 5.70 Å². The molecule has 1 unspecified atom stereocenters. The summed E-state index contributed by atoms with van der Waals surface area (Å²) >= 11 is 7.74. The van der Waals surface area contributed by atoms with Gasteiger partial charge in [0.15, 0.2) is 0 Å². The Morgan fingerprint density at radius 3 is 2.71 bits per heavy atom. The second kappa shape index (κ2) is 6.80. The number of aryl methyl sites for hydroxylation is 1. The molecule has 126 valence electrons. The fraction of sp³-hybridized carbons (Fsp3) is 0.176. The minimum absolute atomic E-state index is 0.141. The van der Waals surface area contributed by atoms with Gasteiger partial charge in [0.1, 0.15) is 0 Å². The molecule has 2 aromatic carbocycles. The Labute approximate surface area is 150 Å². The summed E-state index contributed by atoms with van der Waals surface area (Å²) < 4.78 is 29.9. The fourth-order valence-electron chi connectivity index (χ4n) is 2.44. The van der Waals surface area contributed by atoms with E-state index in [2.05, 4.69) is 5.48 Å². The van der Waals surface area contributed by atoms with Crippen molar-refractivity contribution in [3.8, 4) is 0 Å². The van der Waals surface area contributed by atoms with Crippen molar-refractivity contribution in [1.82, 2.24) is 5.48 Å². The third-order valence-electron chi connectivity index (χ3n) is 3.57. The normalized spacial score (nSPS) is 17.1. The number of hydroxylamine groups is 1. The van der Waals surface area contributed by atoms with E-state index in [-0.39, 0.29) is 10.1 Å². The molecule has 0 aromatic heterocycles. The van der Waals surface area contributed by atoms with Crippen molar-refractivity contribution in [1.29, 1.82) is 0 Å². The van der Waals surface area contributed by atoms with Crippen molar-refractivity contribution in [3.05, 3.63) is 64.7 Å². The number of benzene rings is 2. The van der Waals surface area contributed by atoms with Gasteiger partial charge in [-0.05, 0) is 49.8 Å². The summed E-state index contributed by atoms with van der Waals surface area (Å²) in [7, 11) is -3.91. The first-order valence-corrected chi connectivity index (χ1v) is 9.97. The third-order valence-corrected chi connectivity index (χ3v) is 6.22. The molecule has 0 bridgehead atoms. The summed E-state index contributed by atoms with van der Waals surface area (Å²) in [6.07, 6.45) is 1.91. The average Bonchev–Trinajstić information content (AvgIpc) is 2.53. The molecule has 3 rings (SSSR count). The first kappa shape index (κ1) is 17.4. The van der Waals surface area contributed by atoms with E-state index in [0.29, 0.717) is 16.3 Å². The predicted molar refractivity (Wildman–Crippen MR) is 97.3 cm³/mol. The maximum Gasteiger partial charge on any atom is 0.317 e. The van der Waals surface area contributed by atoms with E-state index < -0.39 is 10.1 Å². The summed E-state index contributed by atoms with van der Waals surface area (Å²) in [5.41, 5.74) is 4.65. The van der Waals surface area contributed by atoms with Gasteiger partial charge in [0.2, 0.25) is 0 Å². The lowest BCUT2D eigenvalue weighted by molar-refractivity contribution is 0.258. The highest BCUT2D eigenvalue weighted by Gasteiger charge is 2.22. The number of nitrogens with one attached hydrogen (secondary N) is 1. The van der Waals surface area contributed by atoms with Gasteiger partial charge in [-0.1, -0.05) is 29.8 Å². The van der Waals surface area contributed by atoms with Gasteiger partial charge in [-0.3, -0.25) is 0 Å². The van der Waals surface area contributed by atoms with Crippen LogP contribution in [-0.4, -0.2) is 13.7 Å². The van der Waals surface area contributed by atoms with Crippen molar-refractivity contribution in [2.75, 3.05) is 0 Å². The number of rotatable bonds is 4. The fourth-order valence-corrected chi connectivity index (χ4v) is 4.66. The quantitative estimate of drug-likeness (QED) is 0.796. The number of fused-ring (bicyclic) bond motifs is 1. The largest absolute Gasteiger partial charge is 0.317 e. The highest BCUT2D eigenvalue weighted by Crippen LogP contribution is 2.38. The molecule has 7 heteroatoms. The van der Waals surface area contributed by atoms with Crippen LogP contribution >= 0.6 is 23.4 Å². The molecule has 2 aromatic rings. The van der Waals surface area contributed by atoms with Gasteiger partial charge in [0.25, 0.3) is 0 Å². The minimum Gasteiger partial charge on any atom is -0.249 e. The van der Waals surface area contributed by atoms with Gasteiger partial charge in [-0.15, -0.1) is 16.0 Å². The van der Waals surface area contributed by atoms with Gasteiger partial charge >= 0.3 is 10.1 Å². The second-order valence-electron chi connectivity index (χ2n) is 5.45. The van der Waals surface area contributed by atoms with E-state index in [1.54, 1.807) is 43.0 Å². The van der Waals surface area contributed by atoms with Gasteiger partial charge in [0, 0.05) is 20.7 Å². The monoisotopic (exact) mass is 381 g/mol. The topological polar surface area (TPSA) is 55.4 Å². The summed E-state index contributed by atoms with van der Waals surface area (Å²) in [6.45, 7) is 3.75. The zero-order valence-electron chi connectivity index (χ0n) is 13.1. The highest BCUT2D eigenvalue weighted by molar-refractivity contribution is 8.00. The zero-order valence-corrected chi connectivity index (χ0v) is 15.5. The Bertz CT molecular complexity index is 910. The van der Waals surface area contributed by atoms with Gasteiger partial charge in [-0.2, -0.15) is 8.42 Å². The van der Waals surface area contributed by atoms with E-state index in [0.717, 1.165) is 10.5 Å². The van der Waals surface area contributed by atoms with E-state index in [1.165, 1.54) is 6.07 Å². The molecular weight excluding hydrogens is 366 g/mol. The van der Waals surface area contributed by atoms with E-state index in [9.17, 15) is 8.42 Å². The molecule has 0 radical (unpaired) electrons. The Morgan fingerprint density at radius 1 is 1.21 bits per heavy atom. The SMILES string of the molecule is Cc1ccccc1S(=O)(=O)ONC1=CC(C)Sc2ccc(Cl)cc21. The maximum absolute atomic E-state index is 12.4. The zero-order chi connectivity index (χ0) is 17.3. The lowest BCUT2D eigenvalue weighted by Gasteiger charge is -2.22. The smallest absolute Gasteiger partial charge is 0.249 e. The van der Waals surface area contributed by atoms with Gasteiger partial charge in [-0.25, -0.2) is 5.48 Å². The highest BCUT2D eigenvalue weighted by atomic mass is 35.5. The van der Waals surface area contributed by atoms with Crippen LogP contribution in [0.2, 0.25) is 5.02 Å². The molecule has 0 amide bonds. The Balaban J connectivity index is 1.87. The first-order valence-electron chi connectivity index (χ1n) is 7.30. The van der Waals surface area contributed by atoms with Crippen molar-refractivity contribution in [3.63, 3.8) is 0 Å². The van der Waals surface area contributed by atoms with Crippen molar-refractivity contribution >= 4 is 39.2 Å². The summed E-state index contributed by atoms with van der Waals surface area (Å²) in [6, 6.07) is 12.2. The molecule has 0 saturated carbocycles. The van der Waals surface area contributed by atoms with E-state index >= 15 is 0 Å². The Hall–Kier alpha value is -1.47. The first-order chi connectivity index (χ1) is 11.4. The van der Waals surface area contributed by atoms with E-state index in [4.69, 9.17) is 15.9 Å². The molecule has 1 N–H and O–H groups in total. The maximum atomic E-state index is 12.4. The second-order valence-corrected chi connectivity index (χ2v) is 8.82. The molecule has 1 atom stereocenters. The van der Waals surface area contributed by atoms with Crippen molar-refractivity contribution in [2.24, 2.45) is 0 Å². The van der Waals surface area contributed by atoms with Crippen LogP contribution in [0.4, 0.5) is 0 Å². The lowest BCUT2D eigenvalue weighted by Crippen LogP contribution is -2.22. The minimum atomic E-state index is -3.91. The van der Waals surface area contributed by atoms with Gasteiger partial charge in [0.05, 0.1) is 10.6 Å². The Kier molecular flexibility index (Phi) is 4.92. The summed E-state index contributed by atoms with van der Waals surface area (Å²) in [4.78, 5) is 1.16. The molecule has 1 aliphatic heterocycles. The van der Waals surface area contributed by atoms with Crippen LogP contribution in [0.5, 0.6) is 0 Å². The standard InChI is InChI=1S/C17H16ClNO3S2/c1-11-5-3-4-6-17(11)24(20,21)22-19-15-9-12(2)23-16-8-7-13(18)10-14(15)16/h3-10,12,19H,1-2H3. The molecule has 0 spiro atoms. The summed E-state index contributed by atoms with van der Waals surface area (Å²) in [5, 5.41) is 0.768.